The first-order valence-electron chi connectivity index (χ1n) is 11.8. The standard InChI is InChI=1S/C27H42O5Si2/c1-26(2,3)33(7,8)31-21-16-22(28)25(24(17-21)32-34(9,10)27(4,5)6)23(29)19-30-18-20-14-12-11-13-15-20/h11-17,28H,18-19H2,1-10H3. The van der Waals surface area contributed by atoms with Crippen LogP contribution in [-0.2, 0) is 11.3 Å². The highest BCUT2D eigenvalue weighted by molar-refractivity contribution is 6.75. The average molecular weight is 503 g/mol. The lowest BCUT2D eigenvalue weighted by atomic mass is 10.1. The summed E-state index contributed by atoms with van der Waals surface area (Å²) in [5.74, 6) is 0.437. The molecular formula is C27H42O5Si2. The Morgan fingerprint density at radius 1 is 0.853 bits per heavy atom. The van der Waals surface area contributed by atoms with Crippen LogP contribution in [0.3, 0.4) is 0 Å². The van der Waals surface area contributed by atoms with E-state index in [2.05, 4.69) is 67.7 Å². The summed E-state index contributed by atoms with van der Waals surface area (Å²) in [6.07, 6.45) is 0. The van der Waals surface area contributed by atoms with E-state index in [4.69, 9.17) is 13.6 Å². The summed E-state index contributed by atoms with van der Waals surface area (Å²) in [6, 6.07) is 13.0. The molecule has 0 saturated carbocycles. The third-order valence-corrected chi connectivity index (χ3v) is 15.7. The van der Waals surface area contributed by atoms with Crippen LogP contribution in [0, 0.1) is 0 Å². The maximum Gasteiger partial charge on any atom is 0.250 e. The van der Waals surface area contributed by atoms with Gasteiger partial charge in [-0.2, -0.15) is 0 Å². The second kappa shape index (κ2) is 10.3. The molecule has 0 bridgehead atoms. The zero-order valence-corrected chi connectivity index (χ0v) is 24.5. The summed E-state index contributed by atoms with van der Waals surface area (Å²) in [4.78, 5) is 13.2. The first kappa shape index (κ1) is 28.1. The Hall–Kier alpha value is -2.10. The van der Waals surface area contributed by atoms with Gasteiger partial charge in [0.25, 0.3) is 8.32 Å². The molecule has 0 atom stereocenters. The predicted octanol–water partition coefficient (Wildman–Crippen LogP) is 7.56. The van der Waals surface area contributed by atoms with Crippen LogP contribution in [0.25, 0.3) is 0 Å². The smallest absolute Gasteiger partial charge is 0.250 e. The number of rotatable bonds is 9. The molecule has 0 aromatic heterocycles. The number of aromatic hydroxyl groups is 1. The first-order valence-corrected chi connectivity index (χ1v) is 17.7. The van der Waals surface area contributed by atoms with Gasteiger partial charge < -0.3 is 18.7 Å². The third-order valence-electron chi connectivity index (χ3n) is 7.03. The molecule has 0 aliphatic heterocycles. The number of ketones is 1. The number of carbonyl (C=O) groups is 1. The second-order valence-electron chi connectivity index (χ2n) is 11.9. The Labute approximate surface area is 207 Å². The Morgan fingerprint density at radius 2 is 1.38 bits per heavy atom. The molecule has 0 spiro atoms. The van der Waals surface area contributed by atoms with Crippen LogP contribution in [0.5, 0.6) is 17.2 Å². The predicted molar refractivity (Wildman–Crippen MR) is 144 cm³/mol. The number of carbonyl (C=O) groups excluding carboxylic acids is 1. The number of Topliss-reactive ketones (excluding diaryl/α,β-unsaturated/α-hetero) is 1. The monoisotopic (exact) mass is 502 g/mol. The number of hydrogen-bond acceptors (Lipinski definition) is 5. The summed E-state index contributed by atoms with van der Waals surface area (Å²) in [6.45, 7) is 21.6. The van der Waals surface area contributed by atoms with Crippen LogP contribution in [0.1, 0.15) is 57.5 Å². The molecule has 34 heavy (non-hydrogen) atoms. The highest BCUT2D eigenvalue weighted by Crippen LogP contribution is 2.43. The maximum atomic E-state index is 13.2. The molecule has 0 heterocycles. The van der Waals surface area contributed by atoms with Crippen molar-refractivity contribution in [3.05, 3.63) is 53.6 Å². The molecule has 7 heteroatoms. The van der Waals surface area contributed by atoms with E-state index in [1.807, 2.05) is 30.3 Å². The van der Waals surface area contributed by atoms with Crippen LogP contribution in [0.2, 0.25) is 36.3 Å². The van der Waals surface area contributed by atoms with Crippen molar-refractivity contribution in [1.82, 2.24) is 0 Å². The molecule has 1 N–H and O–H groups in total. The fraction of sp³-hybridized carbons (Fsp3) is 0.519. The van der Waals surface area contributed by atoms with E-state index in [0.717, 1.165) is 5.56 Å². The van der Waals surface area contributed by atoms with Gasteiger partial charge in [-0.3, -0.25) is 4.79 Å². The van der Waals surface area contributed by atoms with Gasteiger partial charge in [0.1, 0.15) is 29.4 Å². The van der Waals surface area contributed by atoms with Crippen LogP contribution in [0.4, 0.5) is 0 Å². The Bertz CT molecular complexity index is 987. The fourth-order valence-corrected chi connectivity index (χ4v) is 4.81. The normalized spacial score (nSPS) is 13.0. The van der Waals surface area contributed by atoms with Gasteiger partial charge >= 0.3 is 0 Å². The summed E-state index contributed by atoms with van der Waals surface area (Å²) in [7, 11) is -4.45. The summed E-state index contributed by atoms with van der Waals surface area (Å²) < 4.78 is 18.6. The van der Waals surface area contributed by atoms with Crippen molar-refractivity contribution in [3.63, 3.8) is 0 Å². The fourth-order valence-electron chi connectivity index (χ4n) is 2.78. The van der Waals surface area contributed by atoms with E-state index in [1.54, 1.807) is 6.07 Å². The zero-order chi connectivity index (χ0) is 25.9. The van der Waals surface area contributed by atoms with Crippen LogP contribution >= 0.6 is 0 Å². The summed E-state index contributed by atoms with van der Waals surface area (Å²) in [5, 5.41) is 10.9. The van der Waals surface area contributed by atoms with Gasteiger partial charge in [-0.15, -0.1) is 0 Å². The minimum Gasteiger partial charge on any atom is -0.543 e. The number of phenolic OH excluding ortho intramolecular Hbond substituents is 1. The van der Waals surface area contributed by atoms with E-state index < -0.39 is 16.6 Å². The average Bonchev–Trinajstić information content (AvgIpc) is 2.66. The lowest BCUT2D eigenvalue weighted by molar-refractivity contribution is 0.0722. The minimum atomic E-state index is -2.30. The van der Waals surface area contributed by atoms with Crippen molar-refractivity contribution in [2.75, 3.05) is 6.61 Å². The third kappa shape index (κ3) is 6.96. The lowest BCUT2D eigenvalue weighted by Crippen LogP contribution is -2.44. The molecule has 2 aromatic carbocycles. The minimum absolute atomic E-state index is 0.0111. The molecule has 0 unspecified atom stereocenters. The van der Waals surface area contributed by atoms with Crippen molar-refractivity contribution in [2.24, 2.45) is 0 Å². The van der Waals surface area contributed by atoms with E-state index in [9.17, 15) is 9.90 Å². The van der Waals surface area contributed by atoms with Crippen molar-refractivity contribution in [2.45, 2.75) is 84.4 Å². The zero-order valence-electron chi connectivity index (χ0n) is 22.5. The molecule has 0 radical (unpaired) electrons. The molecular weight excluding hydrogens is 460 g/mol. The Morgan fingerprint density at radius 3 is 1.91 bits per heavy atom. The molecule has 0 amide bonds. The summed E-state index contributed by atoms with van der Waals surface area (Å²) >= 11 is 0. The second-order valence-corrected chi connectivity index (χ2v) is 21.4. The van der Waals surface area contributed by atoms with E-state index in [1.165, 1.54) is 6.07 Å². The van der Waals surface area contributed by atoms with Crippen LogP contribution in [0.15, 0.2) is 42.5 Å². The van der Waals surface area contributed by atoms with Gasteiger partial charge in [0.05, 0.1) is 6.61 Å². The lowest BCUT2D eigenvalue weighted by Gasteiger charge is -2.38. The number of phenols is 1. The number of hydrogen-bond donors (Lipinski definition) is 1. The van der Waals surface area contributed by atoms with Gasteiger partial charge in [0, 0.05) is 12.1 Å². The molecule has 0 saturated heterocycles. The Balaban J connectivity index is 2.40. The highest BCUT2D eigenvalue weighted by atomic mass is 28.4. The number of ether oxygens (including phenoxy) is 1. The van der Waals surface area contributed by atoms with Crippen molar-refractivity contribution >= 4 is 22.4 Å². The van der Waals surface area contributed by atoms with Crippen molar-refractivity contribution in [3.8, 4) is 17.2 Å². The SMILES string of the molecule is CC(C)(C)[Si](C)(C)Oc1cc(O)c(C(=O)COCc2ccccc2)c(O[Si](C)(C)C(C)(C)C)c1. The highest BCUT2D eigenvalue weighted by Gasteiger charge is 2.41. The van der Waals surface area contributed by atoms with E-state index >= 15 is 0 Å². The maximum absolute atomic E-state index is 13.2. The van der Waals surface area contributed by atoms with E-state index in [0.29, 0.717) is 18.1 Å². The molecule has 0 aliphatic carbocycles. The van der Waals surface area contributed by atoms with Gasteiger partial charge in [-0.25, -0.2) is 0 Å². The topological polar surface area (TPSA) is 65.0 Å². The molecule has 188 valence electrons. The summed E-state index contributed by atoms with van der Waals surface area (Å²) in [5.41, 5.74) is 1.14. The molecule has 2 rings (SSSR count). The molecule has 2 aromatic rings. The van der Waals surface area contributed by atoms with Gasteiger partial charge in [0.15, 0.2) is 5.78 Å². The van der Waals surface area contributed by atoms with Crippen LogP contribution < -0.4 is 8.85 Å². The number of benzene rings is 2. The van der Waals surface area contributed by atoms with Crippen LogP contribution in [-0.4, -0.2) is 34.1 Å². The first-order chi connectivity index (χ1) is 15.4. The largest absolute Gasteiger partial charge is 0.543 e. The van der Waals surface area contributed by atoms with Gasteiger partial charge in [0.2, 0.25) is 8.32 Å². The molecule has 5 nitrogen and oxygen atoms in total. The quantitative estimate of drug-likeness (QED) is 0.283. The van der Waals surface area contributed by atoms with Crippen molar-refractivity contribution in [1.29, 1.82) is 0 Å². The molecule has 0 aliphatic rings. The Kier molecular flexibility index (Phi) is 8.49. The van der Waals surface area contributed by atoms with Crippen molar-refractivity contribution < 1.29 is 23.5 Å². The van der Waals surface area contributed by atoms with E-state index in [-0.39, 0.29) is 33.8 Å². The van der Waals surface area contributed by atoms with Gasteiger partial charge in [-0.05, 0) is 41.8 Å². The molecule has 0 fully saturated rings. The van der Waals surface area contributed by atoms with Gasteiger partial charge in [-0.1, -0.05) is 71.9 Å².